The van der Waals surface area contributed by atoms with Crippen LogP contribution in [-0.4, -0.2) is 22.9 Å². The summed E-state index contributed by atoms with van der Waals surface area (Å²) >= 11 is 0. The number of benzene rings is 1. The Morgan fingerprint density at radius 1 is 1.11 bits per heavy atom. The molecule has 0 aliphatic heterocycles. The Morgan fingerprint density at radius 2 is 1.89 bits per heavy atom. The summed E-state index contributed by atoms with van der Waals surface area (Å²) in [7, 11) is 0. The van der Waals surface area contributed by atoms with Gasteiger partial charge in [0.15, 0.2) is 5.76 Å². The van der Waals surface area contributed by atoms with Gasteiger partial charge in [-0.15, -0.1) is 0 Å². The van der Waals surface area contributed by atoms with Gasteiger partial charge in [0.25, 0.3) is 5.91 Å². The molecular formula is C20H22N2O5. The number of carboxylic acid groups (broad SMARTS) is 1. The first-order valence-corrected chi connectivity index (χ1v) is 9.03. The number of aromatic carboxylic acids is 1. The van der Waals surface area contributed by atoms with Crippen LogP contribution in [0.25, 0.3) is 0 Å². The minimum absolute atomic E-state index is 0.0488. The number of hydrogen-bond donors (Lipinski definition) is 3. The van der Waals surface area contributed by atoms with Crippen molar-refractivity contribution in [3.63, 3.8) is 0 Å². The molecule has 27 heavy (non-hydrogen) atoms. The Hall–Kier alpha value is -3.09. The molecule has 7 nitrogen and oxygen atoms in total. The number of amides is 2. The van der Waals surface area contributed by atoms with Crippen molar-refractivity contribution in [1.82, 2.24) is 5.32 Å². The third-order valence-corrected chi connectivity index (χ3v) is 4.69. The monoisotopic (exact) mass is 370 g/mol. The largest absolute Gasteiger partial charge is 0.478 e. The highest BCUT2D eigenvalue weighted by molar-refractivity contribution is 5.95. The highest BCUT2D eigenvalue weighted by Gasteiger charge is 2.21. The lowest BCUT2D eigenvalue weighted by atomic mass is 9.88. The molecule has 0 bridgehead atoms. The first-order valence-electron chi connectivity index (χ1n) is 9.03. The molecule has 0 spiro atoms. The van der Waals surface area contributed by atoms with Gasteiger partial charge in [-0.2, -0.15) is 0 Å². The molecule has 2 aromatic rings. The minimum atomic E-state index is -1.15. The summed E-state index contributed by atoms with van der Waals surface area (Å²) in [4.78, 5) is 35.2. The van der Waals surface area contributed by atoms with Gasteiger partial charge in [0.2, 0.25) is 5.91 Å². The Morgan fingerprint density at radius 3 is 2.59 bits per heavy atom. The highest BCUT2D eigenvalue weighted by Crippen LogP contribution is 2.25. The summed E-state index contributed by atoms with van der Waals surface area (Å²) in [6, 6.07) is 8.46. The smallest absolute Gasteiger partial charge is 0.338 e. The van der Waals surface area contributed by atoms with E-state index < -0.39 is 11.9 Å². The maximum atomic E-state index is 12.3. The van der Waals surface area contributed by atoms with Crippen molar-refractivity contribution in [2.75, 3.05) is 5.32 Å². The topological polar surface area (TPSA) is 109 Å². The molecule has 1 aliphatic rings. The molecule has 1 aromatic heterocycles. The Balaban J connectivity index is 1.56. The molecule has 1 saturated carbocycles. The average molecular weight is 370 g/mol. The Bertz CT molecular complexity index is 836. The van der Waals surface area contributed by atoms with Gasteiger partial charge in [0, 0.05) is 24.2 Å². The molecule has 1 aromatic carbocycles. The van der Waals surface area contributed by atoms with E-state index in [0.717, 1.165) is 37.5 Å². The van der Waals surface area contributed by atoms with Crippen LogP contribution < -0.4 is 10.6 Å². The van der Waals surface area contributed by atoms with E-state index in [4.69, 9.17) is 9.52 Å². The third kappa shape index (κ3) is 4.97. The minimum Gasteiger partial charge on any atom is -0.478 e. The van der Waals surface area contributed by atoms with Gasteiger partial charge in [-0.25, -0.2) is 4.79 Å². The fourth-order valence-electron chi connectivity index (χ4n) is 3.21. The molecular weight excluding hydrogens is 348 g/mol. The van der Waals surface area contributed by atoms with Crippen molar-refractivity contribution in [3.8, 4) is 0 Å². The van der Waals surface area contributed by atoms with Crippen LogP contribution >= 0.6 is 0 Å². The lowest BCUT2D eigenvalue weighted by molar-refractivity contribution is -0.120. The van der Waals surface area contributed by atoms with E-state index in [1.807, 2.05) is 24.3 Å². The van der Waals surface area contributed by atoms with E-state index in [9.17, 15) is 14.4 Å². The zero-order chi connectivity index (χ0) is 19.2. The van der Waals surface area contributed by atoms with E-state index in [2.05, 4.69) is 10.6 Å². The first kappa shape index (κ1) is 18.7. The van der Waals surface area contributed by atoms with Crippen LogP contribution in [0, 0.1) is 5.92 Å². The standard InChI is InChI=1S/C20H22N2O5/c23-18(14-6-2-1-3-7-14)22-16-8-4-5-13(9-16)11-21-19(24)17-10-15(12-27-17)20(25)26/h4-5,8-10,12,14H,1-3,6-7,11H2,(H,21,24)(H,22,23)(H,25,26). The molecule has 0 saturated heterocycles. The SMILES string of the molecule is O=C(O)c1coc(C(=O)NCc2cccc(NC(=O)C3CCCCC3)c2)c1. The van der Waals surface area contributed by atoms with Crippen LogP contribution in [0.4, 0.5) is 5.69 Å². The number of carbonyl (C=O) groups excluding carboxylic acids is 2. The molecule has 1 fully saturated rings. The summed E-state index contributed by atoms with van der Waals surface area (Å²) in [5.74, 6) is -1.59. The fraction of sp³-hybridized carbons (Fsp3) is 0.350. The van der Waals surface area contributed by atoms with E-state index in [1.165, 1.54) is 12.5 Å². The van der Waals surface area contributed by atoms with Crippen LogP contribution in [0.3, 0.4) is 0 Å². The summed E-state index contributed by atoms with van der Waals surface area (Å²) < 4.78 is 4.97. The van der Waals surface area contributed by atoms with E-state index in [-0.39, 0.29) is 29.7 Å². The molecule has 0 unspecified atom stereocenters. The van der Waals surface area contributed by atoms with Crippen molar-refractivity contribution in [1.29, 1.82) is 0 Å². The number of carbonyl (C=O) groups is 3. The number of furan rings is 1. The molecule has 3 N–H and O–H groups in total. The number of carboxylic acids is 1. The maximum Gasteiger partial charge on any atom is 0.338 e. The van der Waals surface area contributed by atoms with Gasteiger partial charge in [-0.3, -0.25) is 9.59 Å². The molecule has 142 valence electrons. The summed E-state index contributed by atoms with van der Waals surface area (Å²) in [6.07, 6.45) is 6.29. The predicted octanol–water partition coefficient (Wildman–Crippen LogP) is 3.43. The van der Waals surface area contributed by atoms with Crippen molar-refractivity contribution in [2.24, 2.45) is 5.92 Å². The van der Waals surface area contributed by atoms with E-state index >= 15 is 0 Å². The van der Waals surface area contributed by atoms with Gasteiger partial charge in [0.1, 0.15) is 6.26 Å². The second-order valence-electron chi connectivity index (χ2n) is 6.71. The van der Waals surface area contributed by atoms with Crippen molar-refractivity contribution in [2.45, 2.75) is 38.6 Å². The maximum absolute atomic E-state index is 12.3. The molecule has 7 heteroatoms. The summed E-state index contributed by atoms with van der Waals surface area (Å²) in [5.41, 5.74) is 1.44. The van der Waals surface area contributed by atoms with E-state index in [1.54, 1.807) is 0 Å². The number of hydrogen-bond acceptors (Lipinski definition) is 4. The fourth-order valence-corrected chi connectivity index (χ4v) is 3.21. The van der Waals surface area contributed by atoms with Crippen LogP contribution in [0.2, 0.25) is 0 Å². The van der Waals surface area contributed by atoms with Gasteiger partial charge in [-0.1, -0.05) is 31.4 Å². The van der Waals surface area contributed by atoms with Crippen LogP contribution in [0.1, 0.15) is 58.6 Å². The second-order valence-corrected chi connectivity index (χ2v) is 6.71. The quantitative estimate of drug-likeness (QED) is 0.722. The predicted molar refractivity (Wildman–Crippen MR) is 98.5 cm³/mol. The first-order chi connectivity index (χ1) is 13.0. The summed E-state index contributed by atoms with van der Waals surface area (Å²) in [6.45, 7) is 0.231. The van der Waals surface area contributed by atoms with Crippen LogP contribution in [-0.2, 0) is 11.3 Å². The van der Waals surface area contributed by atoms with Gasteiger partial charge in [0.05, 0.1) is 5.56 Å². The van der Waals surface area contributed by atoms with E-state index in [0.29, 0.717) is 5.69 Å². The average Bonchev–Trinajstić information content (AvgIpc) is 3.18. The highest BCUT2D eigenvalue weighted by atomic mass is 16.4. The lowest BCUT2D eigenvalue weighted by Gasteiger charge is -2.20. The van der Waals surface area contributed by atoms with Crippen LogP contribution in [0.15, 0.2) is 41.0 Å². The van der Waals surface area contributed by atoms with Crippen molar-refractivity contribution in [3.05, 3.63) is 53.5 Å². The number of anilines is 1. The van der Waals surface area contributed by atoms with Gasteiger partial charge in [-0.05, 0) is 30.5 Å². The lowest BCUT2D eigenvalue weighted by Crippen LogP contribution is -2.25. The zero-order valence-corrected chi connectivity index (χ0v) is 14.9. The Labute approximate surface area is 156 Å². The molecule has 1 aliphatic carbocycles. The van der Waals surface area contributed by atoms with Gasteiger partial charge < -0.3 is 20.2 Å². The molecule has 2 amide bonds. The molecule has 0 atom stereocenters. The Kier molecular flexibility index (Phi) is 5.90. The van der Waals surface area contributed by atoms with Crippen molar-refractivity contribution >= 4 is 23.5 Å². The van der Waals surface area contributed by atoms with Gasteiger partial charge >= 0.3 is 5.97 Å². The van der Waals surface area contributed by atoms with Crippen molar-refractivity contribution < 1.29 is 23.9 Å². The second kappa shape index (κ2) is 8.53. The number of nitrogens with one attached hydrogen (secondary N) is 2. The normalized spacial score (nSPS) is 14.5. The number of rotatable bonds is 6. The zero-order valence-electron chi connectivity index (χ0n) is 14.9. The molecule has 3 rings (SSSR count). The molecule has 1 heterocycles. The molecule has 0 radical (unpaired) electrons. The summed E-state index contributed by atoms with van der Waals surface area (Å²) in [5, 5.41) is 14.5. The van der Waals surface area contributed by atoms with Crippen LogP contribution in [0.5, 0.6) is 0 Å². The third-order valence-electron chi connectivity index (χ3n) is 4.69.